The third-order valence-corrected chi connectivity index (χ3v) is 2.96. The fourth-order valence-electron chi connectivity index (χ4n) is 1.72. The normalized spacial score (nSPS) is 10.5. The van der Waals surface area contributed by atoms with Crippen molar-refractivity contribution in [3.05, 3.63) is 33.5 Å². The Labute approximate surface area is 104 Å². The smallest absolute Gasteiger partial charge is 0.130 e. The lowest BCUT2D eigenvalue weighted by Crippen LogP contribution is -2.01. The first-order valence-corrected chi connectivity index (χ1v) is 6.30. The highest BCUT2D eigenvalue weighted by molar-refractivity contribution is 9.10. The van der Waals surface area contributed by atoms with Gasteiger partial charge in [0.25, 0.3) is 0 Å². The molecule has 0 N–H and O–H groups in total. The number of benzene rings is 1. The van der Waals surface area contributed by atoms with E-state index >= 15 is 0 Å². The number of carbonyl (C=O) groups excluding carboxylic acids is 1. The molecule has 0 aliphatic rings. The summed E-state index contributed by atoms with van der Waals surface area (Å²) in [5.41, 5.74) is 1.70. The van der Waals surface area contributed by atoms with Crippen LogP contribution in [0.25, 0.3) is 0 Å². The molecule has 16 heavy (non-hydrogen) atoms. The molecule has 0 aromatic heterocycles. The van der Waals surface area contributed by atoms with Crippen molar-refractivity contribution in [2.75, 3.05) is 0 Å². The molecule has 1 rings (SSSR count). The van der Waals surface area contributed by atoms with Gasteiger partial charge in [-0.15, -0.1) is 0 Å². The van der Waals surface area contributed by atoms with Gasteiger partial charge >= 0.3 is 0 Å². The molecular weight excluding hydrogens is 271 g/mol. The molecule has 0 radical (unpaired) electrons. The highest BCUT2D eigenvalue weighted by Gasteiger charge is 2.10. The van der Waals surface area contributed by atoms with Crippen LogP contribution in [0.5, 0.6) is 0 Å². The maximum atomic E-state index is 13.7. The van der Waals surface area contributed by atoms with E-state index in [-0.39, 0.29) is 11.6 Å². The third kappa shape index (κ3) is 3.71. The minimum atomic E-state index is -0.172. The summed E-state index contributed by atoms with van der Waals surface area (Å²) in [6.45, 7) is 3.59. The highest BCUT2D eigenvalue weighted by Crippen LogP contribution is 2.23. The van der Waals surface area contributed by atoms with Gasteiger partial charge in [0.1, 0.15) is 11.6 Å². The molecule has 0 aliphatic heterocycles. The van der Waals surface area contributed by atoms with Crippen LogP contribution in [-0.4, -0.2) is 5.78 Å². The van der Waals surface area contributed by atoms with Crippen molar-refractivity contribution in [1.82, 2.24) is 0 Å². The van der Waals surface area contributed by atoms with Crippen molar-refractivity contribution in [3.8, 4) is 0 Å². The van der Waals surface area contributed by atoms with Crippen LogP contribution in [0.2, 0.25) is 0 Å². The second kappa shape index (κ2) is 6.14. The summed E-state index contributed by atoms with van der Waals surface area (Å²) in [5.74, 6) is -0.0300. The Bertz CT molecular complexity index is 388. The molecule has 0 saturated carbocycles. The second-order valence-electron chi connectivity index (χ2n) is 3.98. The Kier molecular flexibility index (Phi) is 5.13. The van der Waals surface area contributed by atoms with Crippen LogP contribution >= 0.6 is 15.9 Å². The summed E-state index contributed by atoms with van der Waals surface area (Å²) in [6, 6.07) is 3.40. The largest absolute Gasteiger partial charge is 0.300 e. The molecule has 0 atom stereocenters. The number of ketones is 1. The number of halogens is 2. The molecule has 0 fully saturated rings. The summed E-state index contributed by atoms with van der Waals surface area (Å²) in [7, 11) is 0. The Morgan fingerprint density at radius 2 is 2.06 bits per heavy atom. The van der Waals surface area contributed by atoms with Crippen molar-refractivity contribution >= 4 is 21.7 Å². The number of hydrogen-bond acceptors (Lipinski definition) is 1. The van der Waals surface area contributed by atoms with Gasteiger partial charge in [0.2, 0.25) is 0 Å². The van der Waals surface area contributed by atoms with Gasteiger partial charge in [-0.25, -0.2) is 4.39 Å². The van der Waals surface area contributed by atoms with Crippen LogP contribution in [0.15, 0.2) is 16.6 Å². The highest BCUT2D eigenvalue weighted by atomic mass is 79.9. The molecule has 0 saturated heterocycles. The maximum Gasteiger partial charge on any atom is 0.130 e. The van der Waals surface area contributed by atoms with E-state index in [2.05, 4.69) is 15.9 Å². The summed E-state index contributed by atoms with van der Waals surface area (Å²) in [6.07, 6.45) is 2.74. The number of hydrogen-bond donors (Lipinski definition) is 0. The van der Waals surface area contributed by atoms with Crippen molar-refractivity contribution in [3.63, 3.8) is 0 Å². The molecule has 0 unspecified atom stereocenters. The predicted octanol–water partition coefficient (Wildman–Crippen LogP) is 4.06. The van der Waals surface area contributed by atoms with Crippen LogP contribution in [0.4, 0.5) is 4.39 Å². The number of Topliss-reactive ketones (excluding diaryl/α,β-unsaturated/α-hetero) is 1. The minimum Gasteiger partial charge on any atom is -0.300 e. The van der Waals surface area contributed by atoms with Gasteiger partial charge in [0.05, 0.1) is 0 Å². The van der Waals surface area contributed by atoms with Gasteiger partial charge in [0, 0.05) is 10.9 Å². The van der Waals surface area contributed by atoms with Crippen molar-refractivity contribution < 1.29 is 9.18 Å². The maximum absolute atomic E-state index is 13.7. The van der Waals surface area contributed by atoms with Crippen LogP contribution in [-0.2, 0) is 17.6 Å². The molecule has 3 heteroatoms. The van der Waals surface area contributed by atoms with Gasteiger partial charge in [0.15, 0.2) is 0 Å². The van der Waals surface area contributed by atoms with Crippen LogP contribution < -0.4 is 0 Å². The first kappa shape index (κ1) is 13.4. The molecule has 0 heterocycles. The summed E-state index contributed by atoms with van der Waals surface area (Å²) >= 11 is 3.28. The van der Waals surface area contributed by atoms with Gasteiger partial charge in [-0.05, 0) is 43.0 Å². The van der Waals surface area contributed by atoms with E-state index in [4.69, 9.17) is 0 Å². The van der Waals surface area contributed by atoms with E-state index in [1.54, 1.807) is 6.92 Å². The molecule has 0 amide bonds. The standard InChI is InChI=1S/C13H16BrFO/c1-3-4-12-10(6-5-9(2)16)7-11(14)8-13(12)15/h7-8H,3-6H2,1-2H3. The van der Waals surface area contributed by atoms with E-state index in [1.165, 1.54) is 6.07 Å². The number of aryl methyl sites for hydroxylation is 1. The van der Waals surface area contributed by atoms with E-state index < -0.39 is 0 Å². The fraction of sp³-hybridized carbons (Fsp3) is 0.462. The molecule has 1 nitrogen and oxygen atoms in total. The summed E-state index contributed by atoms with van der Waals surface area (Å²) in [4.78, 5) is 11.0. The number of rotatable bonds is 5. The predicted molar refractivity (Wildman–Crippen MR) is 67.1 cm³/mol. The molecule has 1 aromatic carbocycles. The van der Waals surface area contributed by atoms with Crippen molar-refractivity contribution in [1.29, 1.82) is 0 Å². The van der Waals surface area contributed by atoms with Gasteiger partial charge in [-0.3, -0.25) is 0 Å². The average molecular weight is 287 g/mol. The average Bonchev–Trinajstić information content (AvgIpc) is 2.19. The van der Waals surface area contributed by atoms with Crippen LogP contribution in [0, 0.1) is 5.82 Å². The van der Waals surface area contributed by atoms with Gasteiger partial charge in [-0.2, -0.15) is 0 Å². The van der Waals surface area contributed by atoms with Crippen LogP contribution in [0.3, 0.4) is 0 Å². The Hall–Kier alpha value is -0.700. The van der Waals surface area contributed by atoms with E-state index in [0.717, 1.165) is 28.4 Å². The van der Waals surface area contributed by atoms with Crippen molar-refractivity contribution in [2.45, 2.75) is 39.5 Å². The lowest BCUT2D eigenvalue weighted by molar-refractivity contribution is -0.116. The van der Waals surface area contributed by atoms with Crippen molar-refractivity contribution in [2.24, 2.45) is 0 Å². The molecule has 1 aromatic rings. The minimum absolute atomic E-state index is 0.142. The van der Waals surface area contributed by atoms with E-state index in [0.29, 0.717) is 12.8 Å². The molecule has 88 valence electrons. The second-order valence-corrected chi connectivity index (χ2v) is 4.89. The lowest BCUT2D eigenvalue weighted by atomic mass is 9.98. The topological polar surface area (TPSA) is 17.1 Å². The lowest BCUT2D eigenvalue weighted by Gasteiger charge is -2.10. The SMILES string of the molecule is CCCc1c(F)cc(Br)cc1CCC(C)=O. The fourth-order valence-corrected chi connectivity index (χ4v) is 2.20. The zero-order valence-electron chi connectivity index (χ0n) is 9.65. The van der Waals surface area contributed by atoms with E-state index in [9.17, 15) is 9.18 Å². The Morgan fingerprint density at radius 3 is 2.62 bits per heavy atom. The summed E-state index contributed by atoms with van der Waals surface area (Å²) in [5, 5.41) is 0. The molecule has 0 bridgehead atoms. The number of carbonyl (C=O) groups is 1. The molecular formula is C13H16BrFO. The Balaban J connectivity index is 2.98. The first-order valence-electron chi connectivity index (χ1n) is 5.50. The monoisotopic (exact) mass is 286 g/mol. The quantitative estimate of drug-likeness (QED) is 0.798. The first-order chi connectivity index (χ1) is 7.54. The zero-order chi connectivity index (χ0) is 12.1. The van der Waals surface area contributed by atoms with Gasteiger partial charge in [-0.1, -0.05) is 29.3 Å². The van der Waals surface area contributed by atoms with Crippen LogP contribution in [0.1, 0.15) is 37.8 Å². The molecule has 0 spiro atoms. The summed E-state index contributed by atoms with van der Waals surface area (Å²) < 4.78 is 14.4. The third-order valence-electron chi connectivity index (χ3n) is 2.50. The van der Waals surface area contributed by atoms with E-state index in [1.807, 2.05) is 13.0 Å². The molecule has 0 aliphatic carbocycles. The Morgan fingerprint density at radius 1 is 1.38 bits per heavy atom. The van der Waals surface area contributed by atoms with Gasteiger partial charge < -0.3 is 4.79 Å². The zero-order valence-corrected chi connectivity index (χ0v) is 11.2.